The number of hydrogen-bond acceptors (Lipinski definition) is 3. The Morgan fingerprint density at radius 1 is 1.03 bits per heavy atom. The fourth-order valence-electron chi connectivity index (χ4n) is 3.44. The molecule has 0 bridgehead atoms. The lowest BCUT2D eigenvalue weighted by Crippen LogP contribution is -2.47. The molecule has 0 saturated carbocycles. The van der Waals surface area contributed by atoms with Crippen LogP contribution >= 0.6 is 11.3 Å². The van der Waals surface area contributed by atoms with E-state index in [0.717, 1.165) is 16.0 Å². The molecule has 0 saturated heterocycles. The van der Waals surface area contributed by atoms with E-state index in [0.29, 0.717) is 18.7 Å². The monoisotopic (exact) mass is 485 g/mol. The molecular weight excluding hydrogens is 456 g/mol. The molecule has 1 atom stereocenters. The number of aryl methyl sites for hydroxylation is 1. The molecule has 1 aromatic heterocycles. The van der Waals surface area contributed by atoms with Crippen molar-refractivity contribution in [1.82, 2.24) is 9.80 Å². The Morgan fingerprint density at radius 2 is 1.76 bits per heavy atom. The second-order valence-corrected chi connectivity index (χ2v) is 9.23. The van der Waals surface area contributed by atoms with Crippen molar-refractivity contribution in [2.24, 2.45) is 0 Å². The molecule has 2 aromatic carbocycles. The predicted octanol–water partition coefficient (Wildman–Crippen LogP) is 6.20. The van der Waals surface area contributed by atoms with Crippen molar-refractivity contribution in [3.63, 3.8) is 0 Å². The zero-order valence-corrected chi connectivity index (χ0v) is 20.4. The molecule has 8 heteroatoms. The standard InChI is InChI=1S/C26H29F2N3O2S/c1-4-19(3)31(26(33)29-23-7-5-6-22(28)14-23)17-25(32)30(16-24-18(2)12-13-34-24)15-20-8-10-21(27)11-9-20/h5-14,19H,4,15-17H2,1-3H3,(H,29,33). The Bertz CT molecular complexity index is 1120. The van der Waals surface area contributed by atoms with E-state index < -0.39 is 11.8 Å². The van der Waals surface area contributed by atoms with Crippen LogP contribution in [0.3, 0.4) is 0 Å². The van der Waals surface area contributed by atoms with E-state index in [1.807, 2.05) is 32.2 Å². The van der Waals surface area contributed by atoms with Gasteiger partial charge in [-0.05, 0) is 73.2 Å². The van der Waals surface area contributed by atoms with Crippen LogP contribution in [0.2, 0.25) is 0 Å². The minimum Gasteiger partial charge on any atom is -0.332 e. The van der Waals surface area contributed by atoms with E-state index in [-0.39, 0.29) is 30.9 Å². The third-order valence-electron chi connectivity index (χ3n) is 5.71. The normalized spacial score (nSPS) is 11.7. The summed E-state index contributed by atoms with van der Waals surface area (Å²) in [6.07, 6.45) is 0.645. The van der Waals surface area contributed by atoms with Crippen LogP contribution in [-0.4, -0.2) is 34.3 Å². The van der Waals surface area contributed by atoms with Gasteiger partial charge in [-0.15, -0.1) is 11.3 Å². The van der Waals surface area contributed by atoms with Crippen LogP contribution in [0.1, 0.15) is 36.3 Å². The molecule has 3 rings (SSSR count). The molecule has 0 aliphatic heterocycles. The molecule has 0 radical (unpaired) electrons. The lowest BCUT2D eigenvalue weighted by molar-refractivity contribution is -0.133. The quantitative estimate of drug-likeness (QED) is 0.393. The summed E-state index contributed by atoms with van der Waals surface area (Å²) in [7, 11) is 0. The third kappa shape index (κ3) is 6.87. The summed E-state index contributed by atoms with van der Waals surface area (Å²) in [6.45, 7) is 6.33. The predicted molar refractivity (Wildman–Crippen MR) is 132 cm³/mol. The molecule has 1 N–H and O–H groups in total. The SMILES string of the molecule is CCC(C)N(CC(=O)N(Cc1ccc(F)cc1)Cc1sccc1C)C(=O)Nc1cccc(F)c1. The van der Waals surface area contributed by atoms with Gasteiger partial charge in [0.15, 0.2) is 0 Å². The number of nitrogens with one attached hydrogen (secondary N) is 1. The maximum Gasteiger partial charge on any atom is 0.322 e. The molecule has 1 heterocycles. The third-order valence-corrected chi connectivity index (χ3v) is 6.72. The van der Waals surface area contributed by atoms with Gasteiger partial charge in [-0.1, -0.05) is 25.1 Å². The Kier molecular flexibility index (Phi) is 8.76. The zero-order chi connectivity index (χ0) is 24.7. The maximum absolute atomic E-state index is 13.6. The summed E-state index contributed by atoms with van der Waals surface area (Å²) in [5.74, 6) is -1.03. The van der Waals surface area contributed by atoms with Crippen LogP contribution in [-0.2, 0) is 17.9 Å². The first-order valence-electron chi connectivity index (χ1n) is 11.1. The number of carbonyl (C=O) groups excluding carboxylic acids is 2. The summed E-state index contributed by atoms with van der Waals surface area (Å²) in [5.41, 5.74) is 2.20. The van der Waals surface area contributed by atoms with Crippen LogP contribution in [0.15, 0.2) is 60.0 Å². The summed E-state index contributed by atoms with van der Waals surface area (Å²) in [4.78, 5) is 30.7. The summed E-state index contributed by atoms with van der Waals surface area (Å²) < 4.78 is 26.9. The fraction of sp³-hybridized carbons (Fsp3) is 0.308. The van der Waals surface area contributed by atoms with Crippen LogP contribution in [0, 0.1) is 18.6 Å². The highest BCUT2D eigenvalue weighted by molar-refractivity contribution is 7.10. The van der Waals surface area contributed by atoms with Gasteiger partial charge in [-0.25, -0.2) is 13.6 Å². The van der Waals surface area contributed by atoms with Gasteiger partial charge in [0.25, 0.3) is 0 Å². The smallest absolute Gasteiger partial charge is 0.322 e. The van der Waals surface area contributed by atoms with Gasteiger partial charge < -0.3 is 15.1 Å². The molecule has 180 valence electrons. The van der Waals surface area contributed by atoms with E-state index in [4.69, 9.17) is 0 Å². The lowest BCUT2D eigenvalue weighted by atomic mass is 10.2. The fourth-order valence-corrected chi connectivity index (χ4v) is 4.36. The second kappa shape index (κ2) is 11.7. The Morgan fingerprint density at radius 3 is 2.38 bits per heavy atom. The van der Waals surface area contributed by atoms with Crippen LogP contribution in [0.4, 0.5) is 19.3 Å². The van der Waals surface area contributed by atoms with Crippen LogP contribution < -0.4 is 5.32 Å². The van der Waals surface area contributed by atoms with Gasteiger partial charge in [0.2, 0.25) is 5.91 Å². The molecule has 3 aromatic rings. The number of benzene rings is 2. The topological polar surface area (TPSA) is 52.7 Å². The molecule has 0 aliphatic rings. The van der Waals surface area contributed by atoms with Crippen LogP contribution in [0.25, 0.3) is 0 Å². The van der Waals surface area contributed by atoms with E-state index in [1.54, 1.807) is 34.4 Å². The molecule has 0 aliphatic carbocycles. The van der Waals surface area contributed by atoms with E-state index in [1.165, 1.54) is 35.2 Å². The molecule has 1 unspecified atom stereocenters. The zero-order valence-electron chi connectivity index (χ0n) is 19.6. The number of anilines is 1. The lowest BCUT2D eigenvalue weighted by Gasteiger charge is -2.31. The summed E-state index contributed by atoms with van der Waals surface area (Å²) >= 11 is 1.57. The molecule has 5 nitrogen and oxygen atoms in total. The highest BCUT2D eigenvalue weighted by atomic mass is 32.1. The van der Waals surface area contributed by atoms with Gasteiger partial charge in [0.1, 0.15) is 18.2 Å². The maximum atomic E-state index is 13.6. The van der Waals surface area contributed by atoms with Gasteiger partial charge in [0.05, 0.1) is 6.54 Å². The van der Waals surface area contributed by atoms with Crippen molar-refractivity contribution in [2.45, 2.75) is 46.3 Å². The summed E-state index contributed by atoms with van der Waals surface area (Å²) in [5, 5.41) is 4.66. The molecule has 34 heavy (non-hydrogen) atoms. The minimum absolute atomic E-state index is 0.137. The number of thiophene rings is 1. The molecule has 0 spiro atoms. The number of amides is 3. The largest absolute Gasteiger partial charge is 0.332 e. The van der Waals surface area contributed by atoms with Gasteiger partial charge >= 0.3 is 6.03 Å². The highest BCUT2D eigenvalue weighted by Gasteiger charge is 2.26. The number of rotatable bonds is 9. The second-order valence-electron chi connectivity index (χ2n) is 8.23. The van der Waals surface area contributed by atoms with Crippen LogP contribution in [0.5, 0.6) is 0 Å². The molecule has 0 fully saturated rings. The van der Waals surface area contributed by atoms with Crippen molar-refractivity contribution >= 4 is 29.0 Å². The number of urea groups is 1. The highest BCUT2D eigenvalue weighted by Crippen LogP contribution is 2.20. The van der Waals surface area contributed by atoms with Crippen molar-refractivity contribution < 1.29 is 18.4 Å². The number of carbonyl (C=O) groups is 2. The number of nitrogens with zero attached hydrogens (tertiary/aromatic N) is 2. The van der Waals surface area contributed by atoms with Crippen molar-refractivity contribution in [1.29, 1.82) is 0 Å². The first-order valence-corrected chi connectivity index (χ1v) is 12.0. The Balaban J connectivity index is 1.80. The Hall–Kier alpha value is -3.26. The van der Waals surface area contributed by atoms with Crippen molar-refractivity contribution in [3.8, 4) is 0 Å². The minimum atomic E-state index is -0.470. The van der Waals surface area contributed by atoms with E-state index in [9.17, 15) is 18.4 Å². The van der Waals surface area contributed by atoms with Gasteiger partial charge in [0, 0.05) is 23.2 Å². The van der Waals surface area contributed by atoms with E-state index >= 15 is 0 Å². The Labute approximate surface area is 203 Å². The first kappa shape index (κ1) is 25.4. The molecular formula is C26H29F2N3O2S. The van der Waals surface area contributed by atoms with Crippen molar-refractivity contribution in [3.05, 3.63) is 87.6 Å². The van der Waals surface area contributed by atoms with Crippen molar-refractivity contribution in [2.75, 3.05) is 11.9 Å². The van der Waals surface area contributed by atoms with E-state index in [2.05, 4.69) is 5.32 Å². The van der Waals surface area contributed by atoms with Gasteiger partial charge in [-0.3, -0.25) is 4.79 Å². The number of halogens is 2. The average molecular weight is 486 g/mol. The first-order chi connectivity index (χ1) is 16.3. The number of hydrogen-bond donors (Lipinski definition) is 1. The summed E-state index contributed by atoms with van der Waals surface area (Å²) in [6, 6.07) is 13.0. The van der Waals surface area contributed by atoms with Gasteiger partial charge in [-0.2, -0.15) is 0 Å². The average Bonchev–Trinajstić information content (AvgIpc) is 3.22. The molecule has 3 amide bonds.